The highest BCUT2D eigenvalue weighted by molar-refractivity contribution is 6.00. The normalized spacial score (nSPS) is 15.0. The molecule has 3 aromatic carbocycles. The monoisotopic (exact) mass is 471 g/mol. The predicted molar refractivity (Wildman–Crippen MR) is 134 cm³/mol. The Morgan fingerprint density at radius 3 is 2.20 bits per heavy atom. The topological polar surface area (TPSA) is 87.7 Å². The first-order valence-electron chi connectivity index (χ1n) is 11.7. The minimum Gasteiger partial charge on any atom is -0.484 e. The van der Waals surface area contributed by atoms with Gasteiger partial charge in [0.25, 0.3) is 5.91 Å². The Morgan fingerprint density at radius 2 is 1.51 bits per heavy atom. The number of benzene rings is 3. The van der Waals surface area contributed by atoms with E-state index in [0.717, 1.165) is 17.5 Å². The van der Waals surface area contributed by atoms with Crippen molar-refractivity contribution in [3.63, 3.8) is 0 Å². The molecule has 4 rings (SSSR count). The van der Waals surface area contributed by atoms with E-state index >= 15 is 0 Å². The van der Waals surface area contributed by atoms with E-state index in [1.807, 2.05) is 60.7 Å². The highest BCUT2D eigenvalue weighted by Gasteiger charge is 2.34. The van der Waals surface area contributed by atoms with E-state index < -0.39 is 0 Å². The van der Waals surface area contributed by atoms with Gasteiger partial charge in [-0.2, -0.15) is 0 Å². The lowest BCUT2D eigenvalue weighted by Gasteiger charge is -2.17. The van der Waals surface area contributed by atoms with Gasteiger partial charge in [-0.1, -0.05) is 60.7 Å². The molecule has 7 heteroatoms. The zero-order valence-corrected chi connectivity index (χ0v) is 19.5. The molecule has 0 bridgehead atoms. The highest BCUT2D eigenvalue weighted by Crippen LogP contribution is 2.27. The minimum atomic E-state index is -0.373. The van der Waals surface area contributed by atoms with Gasteiger partial charge in [0.2, 0.25) is 11.8 Å². The molecule has 0 unspecified atom stereocenters. The Balaban J connectivity index is 1.21. The number of carbonyl (C=O) groups is 3. The van der Waals surface area contributed by atoms with E-state index in [4.69, 9.17) is 4.74 Å². The second-order valence-corrected chi connectivity index (χ2v) is 8.48. The van der Waals surface area contributed by atoms with Crippen LogP contribution in [0.25, 0.3) is 0 Å². The van der Waals surface area contributed by atoms with Crippen molar-refractivity contribution in [2.75, 3.05) is 24.6 Å². The van der Waals surface area contributed by atoms with Gasteiger partial charge < -0.3 is 20.3 Å². The standard InChI is InChI=1S/C28H29N3O4/c32-26(30-18-22-9-5-2-6-10-22)20-35-25-13-11-24(12-14-25)31-19-23(17-27(31)33)28(34)29-16-15-21-7-3-1-4-8-21/h1-14,23H,15-20H2,(H,29,34)(H,30,32)/t23-/m0/s1. The van der Waals surface area contributed by atoms with Crippen LogP contribution < -0.4 is 20.3 Å². The first-order valence-corrected chi connectivity index (χ1v) is 11.7. The van der Waals surface area contributed by atoms with Crippen molar-refractivity contribution in [1.29, 1.82) is 0 Å². The molecule has 0 aliphatic carbocycles. The van der Waals surface area contributed by atoms with E-state index in [2.05, 4.69) is 10.6 Å². The van der Waals surface area contributed by atoms with Gasteiger partial charge >= 0.3 is 0 Å². The Bertz CT molecular complexity index is 1130. The fraction of sp³-hybridized carbons (Fsp3) is 0.250. The molecule has 1 fully saturated rings. The third-order valence-electron chi connectivity index (χ3n) is 5.90. The van der Waals surface area contributed by atoms with Crippen molar-refractivity contribution in [3.8, 4) is 5.75 Å². The van der Waals surface area contributed by atoms with Gasteiger partial charge in [0.05, 0.1) is 5.92 Å². The van der Waals surface area contributed by atoms with Gasteiger partial charge in [0, 0.05) is 31.7 Å². The maximum atomic E-state index is 12.6. The number of anilines is 1. The van der Waals surface area contributed by atoms with Crippen LogP contribution in [0.15, 0.2) is 84.9 Å². The van der Waals surface area contributed by atoms with Crippen molar-refractivity contribution in [2.24, 2.45) is 5.92 Å². The number of hydrogen-bond donors (Lipinski definition) is 2. The molecule has 1 heterocycles. The van der Waals surface area contributed by atoms with Crippen LogP contribution in [-0.2, 0) is 27.3 Å². The lowest BCUT2D eigenvalue weighted by molar-refractivity contribution is -0.126. The van der Waals surface area contributed by atoms with Gasteiger partial charge in [0.15, 0.2) is 6.61 Å². The van der Waals surface area contributed by atoms with Crippen molar-refractivity contribution in [2.45, 2.75) is 19.4 Å². The summed E-state index contributed by atoms with van der Waals surface area (Å²) in [6.45, 7) is 1.23. The van der Waals surface area contributed by atoms with Crippen LogP contribution in [0.5, 0.6) is 5.75 Å². The minimum absolute atomic E-state index is 0.0813. The van der Waals surface area contributed by atoms with Crippen LogP contribution >= 0.6 is 0 Å². The molecule has 0 spiro atoms. The first-order chi connectivity index (χ1) is 17.1. The highest BCUT2D eigenvalue weighted by atomic mass is 16.5. The molecule has 7 nitrogen and oxygen atoms in total. The number of carbonyl (C=O) groups excluding carboxylic acids is 3. The van der Waals surface area contributed by atoms with Crippen LogP contribution in [0.1, 0.15) is 17.5 Å². The lowest BCUT2D eigenvalue weighted by atomic mass is 10.1. The predicted octanol–water partition coefficient (Wildman–Crippen LogP) is 3.09. The van der Waals surface area contributed by atoms with Gasteiger partial charge in [-0.3, -0.25) is 14.4 Å². The SMILES string of the molecule is O=C(COc1ccc(N2C[C@@H](C(=O)NCCc3ccccc3)CC2=O)cc1)NCc1ccccc1. The summed E-state index contributed by atoms with van der Waals surface area (Å²) in [5.41, 5.74) is 2.88. The zero-order valence-electron chi connectivity index (χ0n) is 19.5. The Labute approximate surface area is 205 Å². The summed E-state index contributed by atoms with van der Waals surface area (Å²) in [4.78, 5) is 38.8. The maximum absolute atomic E-state index is 12.6. The zero-order chi connectivity index (χ0) is 24.5. The third kappa shape index (κ3) is 6.93. The van der Waals surface area contributed by atoms with Gasteiger partial charge in [-0.05, 0) is 41.8 Å². The van der Waals surface area contributed by atoms with Gasteiger partial charge in [-0.15, -0.1) is 0 Å². The van der Waals surface area contributed by atoms with Crippen molar-refractivity contribution < 1.29 is 19.1 Å². The molecular formula is C28H29N3O4. The fourth-order valence-electron chi connectivity index (χ4n) is 3.97. The summed E-state index contributed by atoms with van der Waals surface area (Å²) < 4.78 is 5.56. The summed E-state index contributed by atoms with van der Waals surface area (Å²) >= 11 is 0. The van der Waals surface area contributed by atoms with E-state index in [1.165, 1.54) is 0 Å². The first kappa shape index (κ1) is 24.0. The van der Waals surface area contributed by atoms with E-state index in [1.54, 1.807) is 29.2 Å². The molecule has 35 heavy (non-hydrogen) atoms. The summed E-state index contributed by atoms with van der Waals surface area (Å²) in [7, 11) is 0. The van der Waals surface area contributed by atoms with Crippen LogP contribution in [0.3, 0.4) is 0 Å². The average Bonchev–Trinajstić information content (AvgIpc) is 3.29. The quantitative estimate of drug-likeness (QED) is 0.476. The maximum Gasteiger partial charge on any atom is 0.258 e. The molecule has 2 N–H and O–H groups in total. The Morgan fingerprint density at radius 1 is 0.857 bits per heavy atom. The Hall–Kier alpha value is -4.13. The fourth-order valence-corrected chi connectivity index (χ4v) is 3.97. The molecule has 180 valence electrons. The molecule has 3 amide bonds. The van der Waals surface area contributed by atoms with Crippen LogP contribution in [0.4, 0.5) is 5.69 Å². The molecule has 0 aromatic heterocycles. The molecule has 0 radical (unpaired) electrons. The number of ether oxygens (including phenoxy) is 1. The Kier molecular flexibility index (Phi) is 8.12. The van der Waals surface area contributed by atoms with Crippen LogP contribution in [0.2, 0.25) is 0 Å². The molecule has 3 aromatic rings. The summed E-state index contributed by atoms with van der Waals surface area (Å²) in [5.74, 6) is -0.234. The molecule has 0 saturated carbocycles. The van der Waals surface area contributed by atoms with Crippen LogP contribution in [0, 0.1) is 5.92 Å². The van der Waals surface area contributed by atoms with E-state index in [0.29, 0.717) is 31.1 Å². The van der Waals surface area contributed by atoms with Gasteiger partial charge in [-0.25, -0.2) is 0 Å². The molecule has 1 saturated heterocycles. The summed E-state index contributed by atoms with van der Waals surface area (Å²) in [6, 6.07) is 26.6. The van der Waals surface area contributed by atoms with Crippen molar-refractivity contribution >= 4 is 23.4 Å². The molecule has 1 atom stereocenters. The third-order valence-corrected chi connectivity index (χ3v) is 5.90. The number of nitrogens with one attached hydrogen (secondary N) is 2. The van der Waals surface area contributed by atoms with Crippen LogP contribution in [-0.4, -0.2) is 37.4 Å². The summed E-state index contributed by atoms with van der Waals surface area (Å²) in [5, 5.41) is 5.76. The largest absolute Gasteiger partial charge is 0.484 e. The molecule has 1 aliphatic rings. The van der Waals surface area contributed by atoms with E-state index in [-0.39, 0.29) is 36.7 Å². The number of amides is 3. The van der Waals surface area contributed by atoms with Crippen molar-refractivity contribution in [3.05, 3.63) is 96.1 Å². The molecular weight excluding hydrogens is 442 g/mol. The van der Waals surface area contributed by atoms with Crippen molar-refractivity contribution in [1.82, 2.24) is 10.6 Å². The molecule has 1 aliphatic heterocycles. The number of nitrogens with zero attached hydrogens (tertiary/aromatic N) is 1. The van der Waals surface area contributed by atoms with E-state index in [9.17, 15) is 14.4 Å². The lowest BCUT2D eigenvalue weighted by Crippen LogP contribution is -2.34. The number of rotatable bonds is 10. The number of hydrogen-bond acceptors (Lipinski definition) is 4. The van der Waals surface area contributed by atoms with Gasteiger partial charge in [0.1, 0.15) is 5.75 Å². The second-order valence-electron chi connectivity index (χ2n) is 8.48. The second kappa shape index (κ2) is 11.8. The smallest absolute Gasteiger partial charge is 0.258 e. The summed E-state index contributed by atoms with van der Waals surface area (Å²) in [6.07, 6.45) is 0.944. The average molecular weight is 472 g/mol.